The van der Waals surface area contributed by atoms with Crippen molar-refractivity contribution in [3.05, 3.63) is 17.7 Å². The number of piperazine rings is 1. The lowest BCUT2D eigenvalue weighted by Gasteiger charge is -2.44. The van der Waals surface area contributed by atoms with Crippen molar-refractivity contribution in [1.29, 1.82) is 0 Å². The Balaban J connectivity index is 1.72. The van der Waals surface area contributed by atoms with Crippen LogP contribution < -0.4 is 14.2 Å². The highest BCUT2D eigenvalue weighted by Crippen LogP contribution is 2.36. The number of rotatable bonds is 8. The van der Waals surface area contributed by atoms with Crippen LogP contribution in [0.2, 0.25) is 0 Å². The minimum Gasteiger partial charge on any atom is -0.496 e. The average Bonchev–Trinajstić information content (AvgIpc) is 3.22. The van der Waals surface area contributed by atoms with Crippen LogP contribution in [-0.4, -0.2) is 74.6 Å². The van der Waals surface area contributed by atoms with Crippen molar-refractivity contribution in [3.63, 3.8) is 0 Å². The molecule has 3 rings (SSSR count). The predicted octanol–water partition coefficient (Wildman–Crippen LogP) is 2.52. The molecule has 0 aromatic heterocycles. The molecule has 1 saturated carbocycles. The molecule has 2 aliphatic rings. The fourth-order valence-corrected chi connectivity index (χ4v) is 4.66. The summed E-state index contributed by atoms with van der Waals surface area (Å²) in [6.45, 7) is 4.15. The smallest absolute Gasteiger partial charge is 0.164 e. The van der Waals surface area contributed by atoms with Crippen molar-refractivity contribution in [1.82, 2.24) is 9.80 Å². The number of methoxy groups -OCH3 is 3. The molecule has 0 radical (unpaired) electrons. The summed E-state index contributed by atoms with van der Waals surface area (Å²) >= 11 is 0. The summed E-state index contributed by atoms with van der Waals surface area (Å²) in [5, 5.41) is 9.57. The Kier molecular flexibility index (Phi) is 7.21. The van der Waals surface area contributed by atoms with Gasteiger partial charge in [0.2, 0.25) is 0 Å². The van der Waals surface area contributed by atoms with E-state index in [4.69, 9.17) is 14.2 Å². The van der Waals surface area contributed by atoms with E-state index < -0.39 is 0 Å². The van der Waals surface area contributed by atoms with Gasteiger partial charge in [-0.15, -0.1) is 0 Å². The van der Waals surface area contributed by atoms with Gasteiger partial charge in [0, 0.05) is 56.5 Å². The number of benzene rings is 1. The van der Waals surface area contributed by atoms with E-state index in [2.05, 4.69) is 9.80 Å². The molecule has 6 nitrogen and oxygen atoms in total. The Hall–Kier alpha value is -1.50. The normalized spacial score (nSPS) is 22.1. The highest BCUT2D eigenvalue weighted by Gasteiger charge is 2.33. The van der Waals surface area contributed by atoms with Gasteiger partial charge < -0.3 is 19.3 Å². The molecule has 1 aliphatic carbocycles. The number of ether oxygens (including phenoxy) is 3. The highest BCUT2D eigenvalue weighted by atomic mass is 16.5. The fraction of sp³-hybridized carbons (Fsp3) is 0.714. The quantitative estimate of drug-likeness (QED) is 0.750. The van der Waals surface area contributed by atoms with Gasteiger partial charge in [0.05, 0.1) is 21.3 Å². The van der Waals surface area contributed by atoms with Crippen LogP contribution in [0.25, 0.3) is 0 Å². The lowest BCUT2D eigenvalue weighted by atomic mass is 10.0. The summed E-state index contributed by atoms with van der Waals surface area (Å²) in [7, 11) is 4.99. The van der Waals surface area contributed by atoms with E-state index in [1.807, 2.05) is 12.1 Å². The monoisotopic (exact) mass is 378 g/mol. The molecule has 2 fully saturated rings. The molecule has 6 heteroatoms. The van der Waals surface area contributed by atoms with Crippen LogP contribution in [0.15, 0.2) is 12.1 Å². The standard InChI is InChI=1S/C21H34N2O4/c1-25-19-13-21(27-3)20(26-2)12-16(19)14-22-9-10-23(17-6-4-5-7-17)18(15-22)8-11-24/h12-13,17-18,24H,4-11,14-15H2,1-3H3/t18-/m1/s1. The van der Waals surface area contributed by atoms with E-state index >= 15 is 0 Å². The molecule has 1 aromatic carbocycles. The molecule has 1 atom stereocenters. The Labute approximate surface area is 163 Å². The zero-order valence-electron chi connectivity index (χ0n) is 16.9. The first kappa shape index (κ1) is 20.2. The number of aliphatic hydroxyl groups excluding tert-OH is 1. The van der Waals surface area contributed by atoms with Gasteiger partial charge >= 0.3 is 0 Å². The first-order valence-corrected chi connectivity index (χ1v) is 10.1. The SMILES string of the molecule is COc1cc(OC)c(OC)cc1CN1CCN(C2CCCC2)[C@H](CCO)C1. The summed E-state index contributed by atoms with van der Waals surface area (Å²) in [4.78, 5) is 5.13. The topological polar surface area (TPSA) is 54.4 Å². The maximum Gasteiger partial charge on any atom is 0.164 e. The van der Waals surface area contributed by atoms with Gasteiger partial charge in [0.15, 0.2) is 11.5 Å². The van der Waals surface area contributed by atoms with Gasteiger partial charge in [-0.25, -0.2) is 0 Å². The van der Waals surface area contributed by atoms with E-state index in [9.17, 15) is 5.11 Å². The van der Waals surface area contributed by atoms with Gasteiger partial charge in [-0.05, 0) is 25.3 Å². The van der Waals surface area contributed by atoms with Crippen LogP contribution >= 0.6 is 0 Å². The van der Waals surface area contributed by atoms with E-state index in [1.54, 1.807) is 21.3 Å². The van der Waals surface area contributed by atoms with Crippen molar-refractivity contribution < 1.29 is 19.3 Å². The summed E-state index contributed by atoms with van der Waals surface area (Å²) < 4.78 is 16.5. The molecule has 1 saturated heterocycles. The maximum absolute atomic E-state index is 9.57. The van der Waals surface area contributed by atoms with Crippen molar-refractivity contribution >= 4 is 0 Å². The molecule has 0 unspecified atom stereocenters. The molecule has 1 aromatic rings. The van der Waals surface area contributed by atoms with Crippen LogP contribution in [-0.2, 0) is 6.54 Å². The van der Waals surface area contributed by atoms with Gasteiger partial charge in [-0.2, -0.15) is 0 Å². The Morgan fingerprint density at radius 1 is 0.963 bits per heavy atom. The van der Waals surface area contributed by atoms with Crippen LogP contribution in [0.1, 0.15) is 37.7 Å². The Morgan fingerprint density at radius 2 is 1.63 bits per heavy atom. The van der Waals surface area contributed by atoms with Crippen molar-refractivity contribution in [3.8, 4) is 17.2 Å². The Morgan fingerprint density at radius 3 is 2.26 bits per heavy atom. The highest BCUT2D eigenvalue weighted by molar-refractivity contribution is 5.50. The third-order valence-electron chi connectivity index (χ3n) is 6.05. The van der Waals surface area contributed by atoms with Crippen molar-refractivity contribution in [2.45, 2.75) is 50.7 Å². The summed E-state index contributed by atoms with van der Waals surface area (Å²) in [5.41, 5.74) is 1.10. The molecular formula is C21H34N2O4. The first-order valence-electron chi connectivity index (χ1n) is 10.1. The lowest BCUT2D eigenvalue weighted by Crippen LogP contribution is -2.56. The number of aliphatic hydroxyl groups is 1. The second-order valence-corrected chi connectivity index (χ2v) is 7.60. The van der Waals surface area contributed by atoms with Crippen LogP contribution in [0.5, 0.6) is 17.2 Å². The minimum absolute atomic E-state index is 0.251. The molecule has 1 N–H and O–H groups in total. The van der Waals surface area contributed by atoms with Crippen molar-refractivity contribution in [2.24, 2.45) is 0 Å². The lowest BCUT2D eigenvalue weighted by molar-refractivity contribution is 0.0264. The van der Waals surface area contributed by atoms with Gasteiger partial charge in [-0.1, -0.05) is 12.8 Å². The number of hydrogen-bond acceptors (Lipinski definition) is 6. The first-order chi connectivity index (χ1) is 13.2. The van der Waals surface area contributed by atoms with E-state index in [0.717, 1.165) is 49.7 Å². The molecule has 1 heterocycles. The Bertz CT molecular complexity index is 604. The molecular weight excluding hydrogens is 344 g/mol. The summed E-state index contributed by atoms with van der Waals surface area (Å²) in [6.07, 6.45) is 6.16. The molecule has 0 spiro atoms. The van der Waals surface area contributed by atoms with Gasteiger partial charge in [-0.3, -0.25) is 9.80 Å². The van der Waals surface area contributed by atoms with E-state index in [0.29, 0.717) is 17.8 Å². The van der Waals surface area contributed by atoms with E-state index in [1.165, 1.54) is 25.7 Å². The van der Waals surface area contributed by atoms with Gasteiger partial charge in [0.25, 0.3) is 0 Å². The van der Waals surface area contributed by atoms with Crippen LogP contribution in [0.3, 0.4) is 0 Å². The van der Waals surface area contributed by atoms with Crippen LogP contribution in [0, 0.1) is 0 Å². The zero-order chi connectivity index (χ0) is 19.2. The van der Waals surface area contributed by atoms with Crippen LogP contribution in [0.4, 0.5) is 0 Å². The molecule has 27 heavy (non-hydrogen) atoms. The maximum atomic E-state index is 9.57. The fourth-order valence-electron chi connectivity index (χ4n) is 4.66. The molecule has 0 amide bonds. The summed E-state index contributed by atoms with van der Waals surface area (Å²) in [5.74, 6) is 2.23. The summed E-state index contributed by atoms with van der Waals surface area (Å²) in [6, 6.07) is 5.05. The average molecular weight is 379 g/mol. The molecule has 1 aliphatic heterocycles. The van der Waals surface area contributed by atoms with Gasteiger partial charge in [0.1, 0.15) is 5.75 Å². The molecule has 0 bridgehead atoms. The largest absolute Gasteiger partial charge is 0.496 e. The van der Waals surface area contributed by atoms with E-state index in [-0.39, 0.29) is 6.61 Å². The third kappa shape index (κ3) is 4.68. The zero-order valence-corrected chi connectivity index (χ0v) is 16.9. The minimum atomic E-state index is 0.251. The number of nitrogens with zero attached hydrogens (tertiary/aromatic N) is 2. The predicted molar refractivity (Wildman–Crippen MR) is 106 cm³/mol. The third-order valence-corrected chi connectivity index (χ3v) is 6.05. The van der Waals surface area contributed by atoms with Crippen molar-refractivity contribution in [2.75, 3.05) is 47.6 Å². The second-order valence-electron chi connectivity index (χ2n) is 7.60. The number of hydrogen-bond donors (Lipinski definition) is 1. The molecule has 152 valence electrons. The second kappa shape index (κ2) is 9.62.